The second-order valence-corrected chi connectivity index (χ2v) is 5.79. The van der Waals surface area contributed by atoms with Gasteiger partial charge in [0.2, 0.25) is 0 Å². The Morgan fingerprint density at radius 2 is 1.83 bits per heavy atom. The molecule has 1 rings (SSSR count). The number of carbonyl (C=O) groups excluding carboxylic acids is 2. The Hall–Kier alpha value is -1.76. The monoisotopic (exact) mass is 320 g/mol. The van der Waals surface area contributed by atoms with E-state index in [1.165, 1.54) is 0 Å². The summed E-state index contributed by atoms with van der Waals surface area (Å²) in [7, 11) is 0. The van der Waals surface area contributed by atoms with Gasteiger partial charge in [-0.1, -0.05) is 25.0 Å². The van der Waals surface area contributed by atoms with Gasteiger partial charge in [0.15, 0.2) is 5.41 Å². The lowest BCUT2D eigenvalue weighted by atomic mass is 9.69. The van der Waals surface area contributed by atoms with Crippen LogP contribution in [0.3, 0.4) is 0 Å². The van der Waals surface area contributed by atoms with E-state index >= 15 is 0 Å². The van der Waals surface area contributed by atoms with Gasteiger partial charge in [-0.3, -0.25) is 9.59 Å². The van der Waals surface area contributed by atoms with Crippen molar-refractivity contribution >= 4 is 11.9 Å². The van der Waals surface area contributed by atoms with Crippen molar-refractivity contribution in [3.63, 3.8) is 0 Å². The van der Waals surface area contributed by atoms with E-state index < -0.39 is 17.4 Å². The van der Waals surface area contributed by atoms with Crippen LogP contribution in [0.5, 0.6) is 0 Å². The van der Waals surface area contributed by atoms with Crippen LogP contribution in [0.4, 0.5) is 0 Å². The van der Waals surface area contributed by atoms with E-state index in [1.807, 2.05) is 6.08 Å². The van der Waals surface area contributed by atoms with Crippen LogP contribution in [-0.2, 0) is 19.1 Å². The molecule has 4 nitrogen and oxygen atoms in total. The third-order valence-corrected chi connectivity index (χ3v) is 4.33. The van der Waals surface area contributed by atoms with Crippen molar-refractivity contribution in [2.75, 3.05) is 13.2 Å². The zero-order valence-electron chi connectivity index (χ0n) is 14.3. The maximum Gasteiger partial charge on any atom is 0.324 e. The summed E-state index contributed by atoms with van der Waals surface area (Å²) >= 11 is 0. The number of terminal acetylenes is 1. The van der Waals surface area contributed by atoms with Gasteiger partial charge in [-0.25, -0.2) is 0 Å². The lowest BCUT2D eigenvalue weighted by Crippen LogP contribution is -2.47. The summed E-state index contributed by atoms with van der Waals surface area (Å²) in [5.41, 5.74) is -1.33. The zero-order valence-corrected chi connectivity index (χ0v) is 14.3. The first-order valence-electron chi connectivity index (χ1n) is 8.58. The Morgan fingerprint density at radius 1 is 1.17 bits per heavy atom. The first-order chi connectivity index (χ1) is 11.1. The lowest BCUT2D eigenvalue weighted by molar-refractivity contribution is -0.176. The minimum Gasteiger partial charge on any atom is -0.465 e. The maximum atomic E-state index is 12.8. The summed E-state index contributed by atoms with van der Waals surface area (Å²) in [6, 6.07) is 0. The molecule has 1 atom stereocenters. The number of hydrogen-bond donors (Lipinski definition) is 0. The molecule has 128 valence electrons. The summed E-state index contributed by atoms with van der Waals surface area (Å²) in [6.45, 7) is 3.94. The van der Waals surface area contributed by atoms with Crippen LogP contribution in [0.2, 0.25) is 0 Å². The highest BCUT2D eigenvalue weighted by atomic mass is 16.6. The molecule has 0 aromatic heterocycles. The fourth-order valence-electron chi connectivity index (χ4n) is 3.14. The molecule has 4 heteroatoms. The number of esters is 2. The van der Waals surface area contributed by atoms with Crippen molar-refractivity contribution in [1.29, 1.82) is 0 Å². The fraction of sp³-hybridized carbons (Fsp3) is 0.684. The minimum absolute atomic E-state index is 0.228. The lowest BCUT2D eigenvalue weighted by Gasteiger charge is -2.35. The molecular weight excluding hydrogens is 292 g/mol. The highest BCUT2D eigenvalue weighted by Gasteiger charge is 2.53. The van der Waals surface area contributed by atoms with Crippen molar-refractivity contribution in [2.24, 2.45) is 11.3 Å². The van der Waals surface area contributed by atoms with Crippen LogP contribution in [0.1, 0.15) is 58.8 Å². The van der Waals surface area contributed by atoms with Gasteiger partial charge in [0.25, 0.3) is 0 Å². The number of allylic oxidation sites excluding steroid dienone is 2. The molecule has 0 spiro atoms. The zero-order chi connectivity index (χ0) is 17.1. The quantitative estimate of drug-likeness (QED) is 0.311. The van der Waals surface area contributed by atoms with Crippen molar-refractivity contribution in [3.05, 3.63) is 12.2 Å². The molecule has 0 heterocycles. The third kappa shape index (κ3) is 4.86. The van der Waals surface area contributed by atoms with Crippen LogP contribution >= 0.6 is 0 Å². The predicted molar refractivity (Wildman–Crippen MR) is 89.5 cm³/mol. The molecule has 0 saturated carbocycles. The molecule has 0 aromatic carbocycles. The van der Waals surface area contributed by atoms with Gasteiger partial charge in [-0.15, -0.1) is 12.3 Å². The average molecular weight is 320 g/mol. The molecule has 0 saturated heterocycles. The Bertz CT molecular complexity index is 440. The molecule has 0 bridgehead atoms. The summed E-state index contributed by atoms with van der Waals surface area (Å²) in [6.07, 6.45) is 15.0. The molecular formula is C19H28O4. The van der Waals surface area contributed by atoms with E-state index in [4.69, 9.17) is 15.9 Å². The first-order valence-corrected chi connectivity index (χ1v) is 8.58. The molecule has 1 unspecified atom stereocenters. The minimum atomic E-state index is -1.33. The Kier molecular flexibility index (Phi) is 8.47. The highest BCUT2D eigenvalue weighted by molar-refractivity contribution is 6.00. The van der Waals surface area contributed by atoms with Crippen molar-refractivity contribution in [3.8, 4) is 12.3 Å². The third-order valence-electron chi connectivity index (χ3n) is 4.33. The first kappa shape index (κ1) is 19.3. The summed E-state index contributed by atoms with van der Waals surface area (Å²) < 4.78 is 10.5. The van der Waals surface area contributed by atoms with Gasteiger partial charge in [-0.2, -0.15) is 0 Å². The summed E-state index contributed by atoms with van der Waals surface area (Å²) in [5, 5.41) is 0. The van der Waals surface area contributed by atoms with Crippen LogP contribution in [0.25, 0.3) is 0 Å². The molecule has 1 aliphatic carbocycles. The number of rotatable bonds is 7. The maximum absolute atomic E-state index is 12.8. The standard InChI is InChI=1S/C19H28O4/c1-4-7-15-19(17(20)22-5-2,18(21)23-6-3)16-13-11-9-8-10-12-14-16/h1,11,13,16H,5-10,12,14-15H2,2-3H3/b13-11-. The molecule has 23 heavy (non-hydrogen) atoms. The van der Waals surface area contributed by atoms with E-state index in [0.29, 0.717) is 6.42 Å². The number of carbonyl (C=O) groups is 2. The molecule has 0 fully saturated rings. The SMILES string of the molecule is C#CCCC(C(=O)OCC)(C(=O)OCC)C1/C=C\CCCCC1. The van der Waals surface area contributed by atoms with Gasteiger partial charge in [0, 0.05) is 12.3 Å². The van der Waals surface area contributed by atoms with Crippen LogP contribution in [-0.4, -0.2) is 25.2 Å². The van der Waals surface area contributed by atoms with Crippen molar-refractivity contribution in [2.45, 2.75) is 58.8 Å². The fourth-order valence-corrected chi connectivity index (χ4v) is 3.14. The Morgan fingerprint density at radius 3 is 2.39 bits per heavy atom. The molecule has 0 radical (unpaired) electrons. The van der Waals surface area contributed by atoms with Crippen LogP contribution in [0.15, 0.2) is 12.2 Å². The van der Waals surface area contributed by atoms with Crippen LogP contribution in [0, 0.1) is 23.7 Å². The van der Waals surface area contributed by atoms with Gasteiger partial charge >= 0.3 is 11.9 Å². The van der Waals surface area contributed by atoms with Crippen molar-refractivity contribution < 1.29 is 19.1 Å². The van der Waals surface area contributed by atoms with Gasteiger partial charge < -0.3 is 9.47 Å². The van der Waals surface area contributed by atoms with E-state index in [9.17, 15) is 9.59 Å². The largest absolute Gasteiger partial charge is 0.465 e. The molecule has 1 aliphatic rings. The normalized spacial score (nSPS) is 19.8. The molecule has 0 amide bonds. The molecule has 0 aliphatic heterocycles. The van der Waals surface area contributed by atoms with E-state index in [2.05, 4.69) is 12.0 Å². The molecule has 0 aromatic rings. The smallest absolute Gasteiger partial charge is 0.324 e. The summed E-state index contributed by atoms with van der Waals surface area (Å²) in [4.78, 5) is 25.5. The van der Waals surface area contributed by atoms with E-state index in [0.717, 1.165) is 32.1 Å². The van der Waals surface area contributed by atoms with E-state index in [1.54, 1.807) is 13.8 Å². The van der Waals surface area contributed by atoms with E-state index in [-0.39, 0.29) is 25.6 Å². The van der Waals surface area contributed by atoms with Gasteiger partial charge in [-0.05, 0) is 39.5 Å². The topological polar surface area (TPSA) is 52.6 Å². The highest BCUT2D eigenvalue weighted by Crippen LogP contribution is 2.41. The second kappa shape index (κ2) is 10.1. The Balaban J connectivity index is 3.26. The second-order valence-electron chi connectivity index (χ2n) is 5.79. The summed E-state index contributed by atoms with van der Waals surface area (Å²) in [5.74, 6) is 1.30. The molecule has 0 N–H and O–H groups in total. The Labute approximate surface area is 139 Å². The van der Waals surface area contributed by atoms with Gasteiger partial charge in [0.1, 0.15) is 0 Å². The number of hydrogen-bond acceptors (Lipinski definition) is 4. The number of ether oxygens (including phenoxy) is 2. The predicted octanol–water partition coefficient (Wildman–Crippen LogP) is 3.65. The van der Waals surface area contributed by atoms with Crippen LogP contribution < -0.4 is 0 Å². The van der Waals surface area contributed by atoms with Crippen molar-refractivity contribution in [1.82, 2.24) is 0 Å². The van der Waals surface area contributed by atoms with Gasteiger partial charge in [0.05, 0.1) is 13.2 Å². The average Bonchev–Trinajstić information content (AvgIpc) is 2.49.